The van der Waals surface area contributed by atoms with Gasteiger partial charge in [0.15, 0.2) is 5.76 Å². The van der Waals surface area contributed by atoms with E-state index in [0.29, 0.717) is 17.3 Å². The number of benzene rings is 1. The molecule has 38 heavy (non-hydrogen) atoms. The van der Waals surface area contributed by atoms with E-state index >= 15 is 0 Å². The van der Waals surface area contributed by atoms with Crippen molar-refractivity contribution < 1.29 is 9.32 Å². The molecule has 1 atom stereocenters. The number of hydrogen-bond donors (Lipinski definition) is 1. The number of hydrogen-bond acceptors (Lipinski definition) is 6. The van der Waals surface area contributed by atoms with Crippen LogP contribution in [-0.4, -0.2) is 72.9 Å². The van der Waals surface area contributed by atoms with Crippen LogP contribution in [0.3, 0.4) is 0 Å². The van der Waals surface area contributed by atoms with Gasteiger partial charge in [0, 0.05) is 48.9 Å². The zero-order chi connectivity index (χ0) is 27.1. The first-order valence-corrected chi connectivity index (χ1v) is 13.8. The van der Waals surface area contributed by atoms with Crippen LogP contribution in [0.2, 0.25) is 5.02 Å². The highest BCUT2D eigenvalue weighted by Gasteiger charge is 2.31. The molecule has 0 unspecified atom stereocenters. The number of allylic oxidation sites excluding steroid dienone is 6. The minimum Gasteiger partial charge on any atom is -0.358 e. The molecular weight excluding hydrogens is 498 g/mol. The second-order valence-corrected chi connectivity index (χ2v) is 10.3. The third-order valence-corrected chi connectivity index (χ3v) is 7.28. The van der Waals surface area contributed by atoms with Gasteiger partial charge < -0.3 is 19.6 Å². The van der Waals surface area contributed by atoms with Crippen molar-refractivity contribution in [1.29, 1.82) is 0 Å². The van der Waals surface area contributed by atoms with Crippen molar-refractivity contribution in [1.82, 2.24) is 20.3 Å². The second-order valence-electron chi connectivity index (χ2n) is 9.89. The molecule has 2 aliphatic rings. The molecule has 2 aliphatic heterocycles. The first kappa shape index (κ1) is 28.0. The van der Waals surface area contributed by atoms with E-state index in [1.54, 1.807) is 0 Å². The smallest absolute Gasteiger partial charge is 0.222 e. The van der Waals surface area contributed by atoms with Crippen molar-refractivity contribution >= 4 is 28.8 Å². The van der Waals surface area contributed by atoms with Crippen molar-refractivity contribution in [3.05, 3.63) is 81.7 Å². The van der Waals surface area contributed by atoms with Gasteiger partial charge in [0.05, 0.1) is 23.4 Å². The summed E-state index contributed by atoms with van der Waals surface area (Å²) >= 11 is 6.19. The third-order valence-electron chi connectivity index (χ3n) is 7.02. The largest absolute Gasteiger partial charge is 0.358 e. The van der Waals surface area contributed by atoms with Gasteiger partial charge in [0.2, 0.25) is 5.91 Å². The molecule has 3 heterocycles. The van der Waals surface area contributed by atoms with Crippen LogP contribution in [0.15, 0.2) is 63.7 Å². The third kappa shape index (κ3) is 6.70. The van der Waals surface area contributed by atoms with Gasteiger partial charge in [0.1, 0.15) is 6.04 Å². The molecule has 1 amide bonds. The normalized spacial score (nSPS) is 19.2. The molecule has 2 aromatic rings. The lowest BCUT2D eigenvalue weighted by Gasteiger charge is -2.32. The molecular formula is C30H38ClN5O2. The Kier molecular flexibility index (Phi) is 9.72. The summed E-state index contributed by atoms with van der Waals surface area (Å²) in [7, 11) is 2.16. The molecule has 7 nitrogen and oxygen atoms in total. The highest BCUT2D eigenvalue weighted by Crippen LogP contribution is 2.39. The van der Waals surface area contributed by atoms with Crippen molar-refractivity contribution in [3.8, 4) is 0 Å². The summed E-state index contributed by atoms with van der Waals surface area (Å²) in [6, 6.07) is 7.15. The Labute approximate surface area is 230 Å². The molecule has 4 rings (SSSR count). The Morgan fingerprint density at radius 1 is 1.11 bits per heavy atom. The minimum atomic E-state index is -0.502. The maximum Gasteiger partial charge on any atom is 0.222 e. The van der Waals surface area contributed by atoms with Crippen LogP contribution in [0.4, 0.5) is 0 Å². The first-order chi connectivity index (χ1) is 18.4. The van der Waals surface area contributed by atoms with E-state index in [2.05, 4.69) is 39.5 Å². The number of piperazine rings is 1. The van der Waals surface area contributed by atoms with Gasteiger partial charge >= 0.3 is 0 Å². The van der Waals surface area contributed by atoms with E-state index < -0.39 is 6.04 Å². The minimum absolute atomic E-state index is 0.0466. The zero-order valence-corrected chi connectivity index (χ0v) is 23.6. The van der Waals surface area contributed by atoms with E-state index in [9.17, 15) is 4.79 Å². The second kappa shape index (κ2) is 13.2. The maximum atomic E-state index is 13.1. The Balaban J connectivity index is 1.58. The Morgan fingerprint density at radius 2 is 1.79 bits per heavy atom. The van der Waals surface area contributed by atoms with Gasteiger partial charge in [-0.05, 0) is 58.5 Å². The Hall–Kier alpha value is -3.00. The molecule has 1 N–H and O–H groups in total. The van der Waals surface area contributed by atoms with Crippen LogP contribution < -0.4 is 5.32 Å². The molecule has 1 saturated heterocycles. The molecule has 1 aromatic carbocycles. The van der Waals surface area contributed by atoms with Gasteiger partial charge in [0.25, 0.3) is 0 Å². The van der Waals surface area contributed by atoms with Crippen molar-refractivity contribution in [2.45, 2.75) is 39.7 Å². The number of nitrogens with zero attached hydrogens (tertiary/aromatic N) is 4. The van der Waals surface area contributed by atoms with Gasteiger partial charge in [-0.15, -0.1) is 0 Å². The van der Waals surface area contributed by atoms with Crippen molar-refractivity contribution in [3.63, 3.8) is 0 Å². The molecule has 1 aromatic heterocycles. The summed E-state index contributed by atoms with van der Waals surface area (Å²) in [4.78, 5) is 23.1. The van der Waals surface area contributed by atoms with Crippen molar-refractivity contribution in [2.75, 3.05) is 46.3 Å². The number of halogens is 1. The summed E-state index contributed by atoms with van der Waals surface area (Å²) in [6.45, 7) is 11.9. The Morgan fingerprint density at radius 3 is 2.47 bits per heavy atom. The number of amides is 1. The Bertz CT molecular complexity index is 1230. The number of aliphatic imine (C=N–C) groups is 1. The highest BCUT2D eigenvalue weighted by atomic mass is 35.5. The fraction of sp³-hybridized carbons (Fsp3) is 0.433. The van der Waals surface area contributed by atoms with E-state index in [1.165, 1.54) is 0 Å². The summed E-state index contributed by atoms with van der Waals surface area (Å²) < 4.78 is 5.84. The van der Waals surface area contributed by atoms with Gasteiger partial charge in [-0.2, -0.15) is 0 Å². The molecule has 0 saturated carbocycles. The van der Waals surface area contributed by atoms with E-state index in [0.717, 1.165) is 72.8 Å². The maximum absolute atomic E-state index is 13.1. The lowest BCUT2D eigenvalue weighted by molar-refractivity contribution is -0.121. The SMILES string of the molecule is C/C=C\C1=C(/C=C\C)c2c(C)noc2[C@H](CC(=O)NCCCN2CCN(C)CC2)N=C1c1ccc(Cl)cc1. The van der Waals surface area contributed by atoms with Crippen LogP contribution in [0, 0.1) is 6.92 Å². The van der Waals surface area contributed by atoms with Crippen LogP contribution in [0.5, 0.6) is 0 Å². The standard InChI is InChI=1S/C30H38ClN5O2/c1-5-8-24-25(9-6-2)29(22-10-12-23(31)13-11-22)33-26(30-28(24)21(3)34-38-30)20-27(37)32-14-7-15-36-18-16-35(4)17-19-36/h5-6,8-13,26H,7,14-20H2,1-4H3,(H,32,37)/b8-5-,9-6-/t26-/m0/s1. The zero-order valence-electron chi connectivity index (χ0n) is 22.8. The number of likely N-dealkylation sites (N-methyl/N-ethyl adjacent to an activating group) is 1. The predicted octanol–water partition coefficient (Wildman–Crippen LogP) is 5.23. The van der Waals surface area contributed by atoms with E-state index in [1.807, 2.05) is 57.2 Å². The van der Waals surface area contributed by atoms with Crippen LogP contribution in [0.1, 0.15) is 55.3 Å². The van der Waals surface area contributed by atoms with E-state index in [-0.39, 0.29) is 12.3 Å². The predicted molar refractivity (Wildman–Crippen MR) is 155 cm³/mol. The molecule has 8 heteroatoms. The summed E-state index contributed by atoms with van der Waals surface area (Å²) in [6.07, 6.45) is 9.22. The number of fused-ring (bicyclic) bond motifs is 1. The number of aryl methyl sites for hydroxylation is 1. The monoisotopic (exact) mass is 535 g/mol. The van der Waals surface area contributed by atoms with E-state index in [4.69, 9.17) is 21.1 Å². The number of aromatic nitrogens is 1. The lowest BCUT2D eigenvalue weighted by Crippen LogP contribution is -2.45. The molecule has 0 spiro atoms. The van der Waals surface area contributed by atoms with Gasteiger partial charge in [-0.1, -0.05) is 53.2 Å². The summed E-state index contributed by atoms with van der Waals surface area (Å²) in [5, 5.41) is 8.04. The fourth-order valence-electron chi connectivity index (χ4n) is 4.99. The van der Waals surface area contributed by atoms with Crippen LogP contribution in [0.25, 0.3) is 5.57 Å². The summed E-state index contributed by atoms with van der Waals surface area (Å²) in [5.74, 6) is 0.573. The number of carbonyl (C=O) groups excluding carboxylic acids is 1. The number of rotatable bonds is 9. The fourth-order valence-corrected chi connectivity index (χ4v) is 5.12. The lowest BCUT2D eigenvalue weighted by atomic mass is 9.92. The molecule has 1 fully saturated rings. The quantitative estimate of drug-likeness (QED) is 0.445. The van der Waals surface area contributed by atoms with Gasteiger partial charge in [-0.3, -0.25) is 9.79 Å². The van der Waals surface area contributed by atoms with Gasteiger partial charge in [-0.25, -0.2) is 0 Å². The molecule has 0 bridgehead atoms. The van der Waals surface area contributed by atoms with Crippen LogP contribution in [-0.2, 0) is 4.79 Å². The van der Waals surface area contributed by atoms with Crippen LogP contribution >= 0.6 is 11.6 Å². The highest BCUT2D eigenvalue weighted by molar-refractivity contribution is 6.30. The number of nitrogens with one attached hydrogen (secondary N) is 1. The van der Waals surface area contributed by atoms with Crippen molar-refractivity contribution in [2.24, 2.45) is 4.99 Å². The molecule has 0 radical (unpaired) electrons. The average Bonchev–Trinajstić information content (AvgIpc) is 3.23. The topological polar surface area (TPSA) is 74.0 Å². The average molecular weight is 536 g/mol. The molecule has 0 aliphatic carbocycles. The first-order valence-electron chi connectivity index (χ1n) is 13.4. The summed E-state index contributed by atoms with van der Waals surface area (Å²) in [5.41, 5.74) is 5.33. The number of carbonyl (C=O) groups is 1. The molecule has 202 valence electrons.